The lowest BCUT2D eigenvalue weighted by Gasteiger charge is -2.31. The Morgan fingerprint density at radius 3 is 1.06 bits per heavy atom. The predicted molar refractivity (Wildman–Crippen MR) is 112 cm³/mol. The van der Waals surface area contributed by atoms with Crippen LogP contribution in [-0.4, -0.2) is 153 Å². The number of rotatable bonds is 17. The Labute approximate surface area is 188 Å². The van der Waals surface area contributed by atoms with Crippen molar-refractivity contribution in [1.29, 1.82) is 0 Å². The topological polar surface area (TPSA) is 252 Å². The zero-order chi connectivity index (χ0) is 25.5. The van der Waals surface area contributed by atoms with Crippen LogP contribution in [0.15, 0.2) is 0 Å². The highest BCUT2D eigenvalue weighted by Gasteiger charge is 2.32. The van der Waals surface area contributed by atoms with E-state index in [0.29, 0.717) is 12.8 Å². The van der Waals surface area contributed by atoms with Gasteiger partial charge in [-0.25, -0.2) is 0 Å². The maximum absolute atomic E-state index is 9.03. The molecule has 1 atom stereocenters. The maximum Gasteiger partial charge on any atom is 0.100 e. The fourth-order valence-electron chi connectivity index (χ4n) is 1.70. The second-order valence-corrected chi connectivity index (χ2v) is 7.52. The summed E-state index contributed by atoms with van der Waals surface area (Å²) in [7, 11) is 0. The molecule has 32 heavy (non-hydrogen) atoms. The third kappa shape index (κ3) is 18.0. The molecule has 0 rings (SSSR count). The second-order valence-electron chi connectivity index (χ2n) is 7.52. The lowest BCUT2D eigenvalue weighted by atomic mass is 9.91. The van der Waals surface area contributed by atoms with Crippen molar-refractivity contribution in [2.75, 3.05) is 79.3 Å². The Hall–Kier alpha value is -0.520. The van der Waals surface area contributed by atoms with Crippen molar-refractivity contribution in [2.24, 2.45) is 10.8 Å². The Bertz CT molecular complexity index is 325. The normalized spacial score (nSPS) is 12.7. The highest BCUT2D eigenvalue weighted by Crippen LogP contribution is 2.19. The van der Waals surface area contributed by atoms with E-state index in [1.807, 2.05) is 0 Å². The van der Waals surface area contributed by atoms with Crippen molar-refractivity contribution in [1.82, 2.24) is 0 Å². The lowest BCUT2D eigenvalue weighted by molar-refractivity contribution is -0.103. The van der Waals surface area contributed by atoms with E-state index in [-0.39, 0.29) is 39.6 Å². The highest BCUT2D eigenvalue weighted by molar-refractivity contribution is 4.80. The van der Waals surface area contributed by atoms with Gasteiger partial charge in [-0.15, -0.1) is 0 Å². The molecule has 0 radical (unpaired) electrons. The number of aliphatic hydroxyl groups excluding tert-OH is 12. The van der Waals surface area contributed by atoms with Crippen molar-refractivity contribution in [3.8, 4) is 0 Å². The summed E-state index contributed by atoms with van der Waals surface area (Å²) in [6.45, 7) is -3.74. The van der Waals surface area contributed by atoms with E-state index in [4.69, 9.17) is 66.0 Å². The first-order valence-corrected chi connectivity index (χ1v) is 10.2. The van der Waals surface area contributed by atoms with Crippen molar-refractivity contribution >= 4 is 0 Å². The van der Waals surface area contributed by atoms with Crippen LogP contribution in [0.2, 0.25) is 0 Å². The van der Waals surface area contributed by atoms with Gasteiger partial charge >= 0.3 is 0 Å². The summed E-state index contributed by atoms with van der Waals surface area (Å²) < 4.78 is 5.15. The molecule has 0 aliphatic carbocycles. The first-order chi connectivity index (χ1) is 15.2. The summed E-state index contributed by atoms with van der Waals surface area (Å²) in [5.74, 6) is 0. The molecule has 0 bridgehead atoms. The van der Waals surface area contributed by atoms with Gasteiger partial charge in [0.2, 0.25) is 0 Å². The van der Waals surface area contributed by atoms with Gasteiger partial charge < -0.3 is 66.0 Å². The minimum atomic E-state index is -1.16. The third-order valence-corrected chi connectivity index (χ3v) is 4.41. The van der Waals surface area contributed by atoms with E-state index >= 15 is 0 Å². The molecule has 0 heterocycles. The molecule has 0 aromatic heterocycles. The number of aliphatic hydroxyl groups is 12. The maximum atomic E-state index is 9.03. The molecule has 0 aromatic carbocycles. The molecule has 0 saturated carbocycles. The molecular weight excluding hydrogens is 436 g/mol. The van der Waals surface area contributed by atoms with E-state index in [9.17, 15) is 0 Å². The van der Waals surface area contributed by atoms with Crippen molar-refractivity contribution in [2.45, 2.75) is 31.5 Å². The van der Waals surface area contributed by atoms with Crippen LogP contribution < -0.4 is 0 Å². The van der Waals surface area contributed by atoms with Crippen molar-refractivity contribution in [3.63, 3.8) is 0 Å². The van der Waals surface area contributed by atoms with Crippen LogP contribution in [0.4, 0.5) is 0 Å². The molecule has 0 aliphatic heterocycles. The number of hydrogen-bond donors (Lipinski definition) is 12. The van der Waals surface area contributed by atoms with Gasteiger partial charge in [0.1, 0.15) is 6.10 Å². The highest BCUT2D eigenvalue weighted by atomic mass is 16.5. The van der Waals surface area contributed by atoms with E-state index in [1.54, 1.807) is 0 Å². The quantitative estimate of drug-likeness (QED) is 0.0870. The zero-order valence-corrected chi connectivity index (χ0v) is 18.5. The molecule has 0 spiro atoms. The van der Waals surface area contributed by atoms with Gasteiger partial charge in [-0.2, -0.15) is 0 Å². The average Bonchev–Trinajstić information content (AvgIpc) is 2.85. The molecule has 0 amide bonds. The number of unbranched alkanes of at least 4 members (excludes halogenated alkanes) is 1. The van der Waals surface area contributed by atoms with Crippen LogP contribution >= 0.6 is 0 Å². The minimum absolute atomic E-state index is 0.141. The number of hydrogen-bond acceptors (Lipinski definition) is 13. The monoisotopic (exact) mass is 480 g/mol. The van der Waals surface area contributed by atoms with E-state index in [0.717, 1.165) is 6.42 Å². The van der Waals surface area contributed by atoms with E-state index < -0.39 is 62.7 Å². The molecule has 0 fully saturated rings. The van der Waals surface area contributed by atoms with Gasteiger partial charge in [-0.05, 0) is 19.3 Å². The van der Waals surface area contributed by atoms with Gasteiger partial charge in [0, 0.05) is 6.61 Å². The van der Waals surface area contributed by atoms with Gasteiger partial charge in [0.15, 0.2) is 0 Å². The molecular formula is C19H44O13. The van der Waals surface area contributed by atoms with Crippen LogP contribution in [-0.2, 0) is 4.74 Å². The Kier molecular flexibility index (Phi) is 26.6. The third-order valence-electron chi connectivity index (χ3n) is 4.41. The lowest BCUT2D eigenvalue weighted by Crippen LogP contribution is -2.43. The SMILES string of the molecule is OCC(CO)(CO)COCC(CO)(CO)CO.OCC(O)CO.OCCCCC(O)CO. The largest absolute Gasteiger partial charge is 0.396 e. The summed E-state index contributed by atoms with van der Waals surface area (Å²) in [5, 5.41) is 104. The first-order valence-electron chi connectivity index (χ1n) is 10.2. The van der Waals surface area contributed by atoms with Crippen LogP contribution in [0.5, 0.6) is 0 Å². The summed E-state index contributed by atoms with van der Waals surface area (Å²) in [5.41, 5.74) is -2.32. The molecule has 1 unspecified atom stereocenters. The van der Waals surface area contributed by atoms with Gasteiger partial charge in [0.05, 0.1) is 89.6 Å². The minimum Gasteiger partial charge on any atom is -0.396 e. The van der Waals surface area contributed by atoms with Crippen LogP contribution in [0, 0.1) is 10.8 Å². The molecule has 12 N–H and O–H groups in total. The fourth-order valence-corrected chi connectivity index (χ4v) is 1.70. The summed E-state index contributed by atoms with van der Waals surface area (Å²) >= 11 is 0. The van der Waals surface area contributed by atoms with Crippen LogP contribution in [0.3, 0.4) is 0 Å². The summed E-state index contributed by atoms with van der Waals surface area (Å²) in [6.07, 6.45) is 0.508. The van der Waals surface area contributed by atoms with Crippen molar-refractivity contribution in [3.05, 3.63) is 0 Å². The standard InChI is InChI=1S/C10H22O7.C6H14O3.C3H8O3/c11-1-9(2-12,3-13)7-17-8-10(4-14,5-15)6-16;7-4-2-1-3-6(9)5-8;4-1-3(6)2-5/h11-16H,1-8H2;6-9H,1-5H2;3-6H,1-2H2. The van der Waals surface area contributed by atoms with Gasteiger partial charge in [-0.3, -0.25) is 0 Å². The zero-order valence-electron chi connectivity index (χ0n) is 18.5. The average molecular weight is 481 g/mol. The predicted octanol–water partition coefficient (Wildman–Crippen LogP) is -5.24. The molecule has 13 nitrogen and oxygen atoms in total. The van der Waals surface area contributed by atoms with E-state index in [1.165, 1.54) is 0 Å². The first kappa shape index (κ1) is 36.1. The Balaban J connectivity index is -0.000000466. The Morgan fingerprint density at radius 2 is 0.844 bits per heavy atom. The molecule has 0 aliphatic rings. The van der Waals surface area contributed by atoms with Gasteiger partial charge in [0.25, 0.3) is 0 Å². The van der Waals surface area contributed by atoms with Crippen LogP contribution in [0.1, 0.15) is 19.3 Å². The molecule has 198 valence electrons. The molecule has 13 heteroatoms. The fraction of sp³-hybridized carbons (Fsp3) is 1.00. The van der Waals surface area contributed by atoms with Crippen LogP contribution in [0.25, 0.3) is 0 Å². The summed E-state index contributed by atoms with van der Waals surface area (Å²) in [4.78, 5) is 0. The smallest absolute Gasteiger partial charge is 0.100 e. The number of ether oxygens (including phenoxy) is 1. The molecule has 0 saturated heterocycles. The van der Waals surface area contributed by atoms with Gasteiger partial charge in [-0.1, -0.05) is 0 Å². The molecule has 0 aromatic rings. The summed E-state index contributed by atoms with van der Waals surface area (Å²) in [6, 6.07) is 0. The Morgan fingerprint density at radius 1 is 0.500 bits per heavy atom. The second kappa shape index (κ2) is 23.6. The van der Waals surface area contributed by atoms with E-state index in [2.05, 4.69) is 0 Å². The van der Waals surface area contributed by atoms with Crippen molar-refractivity contribution < 1.29 is 66.0 Å².